The molecule has 2 aliphatic heterocycles. The summed E-state index contributed by atoms with van der Waals surface area (Å²) in [5.41, 5.74) is 6.59. The number of nitrogens with zero attached hydrogens (tertiary/aromatic N) is 2. The van der Waals surface area contributed by atoms with Crippen LogP contribution in [0.4, 0.5) is 0 Å². The average molecular weight is 508 g/mol. The standard InChI is InChI=1S/C18H28N4O3S.HI/c19-18(21-14-16-8-6-12-25-16)20-13-15-7-2-3-9-17(15)26(23,24)22-10-4-1-5-11-22;/h2-3,7,9,16H,1,4-6,8,10-14H2,(H3,19,20,21);1H. The molecule has 0 bridgehead atoms. The number of guanidine groups is 1. The van der Waals surface area contributed by atoms with Crippen LogP contribution in [0.5, 0.6) is 0 Å². The molecule has 0 amide bonds. The van der Waals surface area contributed by atoms with Gasteiger partial charge in [-0.2, -0.15) is 4.31 Å². The molecule has 1 aromatic rings. The molecule has 3 rings (SSSR count). The van der Waals surface area contributed by atoms with Crippen molar-refractivity contribution >= 4 is 40.0 Å². The fourth-order valence-corrected chi connectivity index (χ4v) is 5.11. The Labute approximate surface area is 178 Å². The Morgan fingerprint density at radius 2 is 1.96 bits per heavy atom. The molecule has 152 valence electrons. The smallest absolute Gasteiger partial charge is 0.243 e. The minimum Gasteiger partial charge on any atom is -0.376 e. The first-order valence-corrected chi connectivity index (χ1v) is 10.7. The molecule has 0 aliphatic carbocycles. The maximum atomic E-state index is 13.0. The van der Waals surface area contributed by atoms with Crippen LogP contribution in [0.15, 0.2) is 34.2 Å². The summed E-state index contributed by atoms with van der Waals surface area (Å²) in [5.74, 6) is 0.311. The second kappa shape index (κ2) is 10.6. The first-order chi connectivity index (χ1) is 12.6. The van der Waals surface area contributed by atoms with Gasteiger partial charge in [0.05, 0.1) is 17.5 Å². The Balaban J connectivity index is 0.00000261. The number of halogens is 1. The molecule has 9 heteroatoms. The van der Waals surface area contributed by atoms with Crippen molar-refractivity contribution in [2.24, 2.45) is 10.7 Å². The molecule has 7 nitrogen and oxygen atoms in total. The summed E-state index contributed by atoms with van der Waals surface area (Å²) < 4.78 is 33.1. The molecule has 2 heterocycles. The number of hydrogen-bond donors (Lipinski definition) is 2. The lowest BCUT2D eigenvalue weighted by Gasteiger charge is -2.26. The van der Waals surface area contributed by atoms with Crippen LogP contribution in [0, 0.1) is 0 Å². The highest BCUT2D eigenvalue weighted by molar-refractivity contribution is 14.0. The molecule has 2 aliphatic rings. The summed E-state index contributed by atoms with van der Waals surface area (Å²) in [4.78, 5) is 4.65. The zero-order valence-corrected chi connectivity index (χ0v) is 18.6. The maximum absolute atomic E-state index is 13.0. The molecule has 1 atom stereocenters. The molecule has 3 N–H and O–H groups in total. The first kappa shape index (κ1) is 22.4. The van der Waals surface area contributed by atoms with Gasteiger partial charge in [-0.1, -0.05) is 24.6 Å². The number of hydrogen-bond acceptors (Lipinski definition) is 4. The Kier molecular flexibility index (Phi) is 8.77. The van der Waals surface area contributed by atoms with E-state index >= 15 is 0 Å². The summed E-state index contributed by atoms with van der Waals surface area (Å²) in [7, 11) is -3.48. The van der Waals surface area contributed by atoms with Crippen molar-refractivity contribution in [2.45, 2.75) is 49.6 Å². The van der Waals surface area contributed by atoms with E-state index in [9.17, 15) is 8.42 Å². The Morgan fingerprint density at radius 1 is 1.22 bits per heavy atom. The van der Waals surface area contributed by atoms with E-state index in [2.05, 4.69) is 10.3 Å². The largest absolute Gasteiger partial charge is 0.376 e. The number of benzene rings is 1. The number of nitrogens with one attached hydrogen (secondary N) is 1. The molecule has 27 heavy (non-hydrogen) atoms. The van der Waals surface area contributed by atoms with Gasteiger partial charge >= 0.3 is 0 Å². The van der Waals surface area contributed by atoms with Crippen LogP contribution >= 0.6 is 24.0 Å². The summed E-state index contributed by atoms with van der Waals surface area (Å²) in [5, 5.41) is 3.06. The molecule has 2 fully saturated rings. The van der Waals surface area contributed by atoms with Gasteiger partial charge in [0.1, 0.15) is 0 Å². The molecule has 2 saturated heterocycles. The number of ether oxygens (including phenoxy) is 1. The van der Waals surface area contributed by atoms with E-state index in [1.54, 1.807) is 22.5 Å². The van der Waals surface area contributed by atoms with Crippen LogP contribution in [0.2, 0.25) is 0 Å². The predicted molar refractivity (Wildman–Crippen MR) is 117 cm³/mol. The minimum atomic E-state index is -3.48. The molecule has 0 spiro atoms. The van der Waals surface area contributed by atoms with Crippen molar-refractivity contribution in [1.82, 2.24) is 9.62 Å². The van der Waals surface area contributed by atoms with Crippen LogP contribution in [0.1, 0.15) is 37.7 Å². The summed E-state index contributed by atoms with van der Waals surface area (Å²) in [6.45, 7) is 2.83. The lowest BCUT2D eigenvalue weighted by atomic mass is 10.2. The van der Waals surface area contributed by atoms with E-state index in [0.717, 1.165) is 38.7 Å². The molecule has 0 aromatic heterocycles. The van der Waals surface area contributed by atoms with Crippen LogP contribution in [-0.4, -0.2) is 51.0 Å². The van der Waals surface area contributed by atoms with Crippen LogP contribution in [0.25, 0.3) is 0 Å². The fourth-order valence-electron chi connectivity index (χ4n) is 3.38. The second-order valence-corrected chi connectivity index (χ2v) is 8.70. The van der Waals surface area contributed by atoms with E-state index in [1.807, 2.05) is 6.07 Å². The van der Waals surface area contributed by atoms with Crippen molar-refractivity contribution in [2.75, 3.05) is 26.2 Å². The second-order valence-electron chi connectivity index (χ2n) is 6.79. The van der Waals surface area contributed by atoms with E-state index in [4.69, 9.17) is 10.5 Å². The van der Waals surface area contributed by atoms with Gasteiger partial charge in [-0.3, -0.25) is 0 Å². The van der Waals surface area contributed by atoms with Crippen molar-refractivity contribution < 1.29 is 13.2 Å². The van der Waals surface area contributed by atoms with Crippen molar-refractivity contribution in [3.8, 4) is 0 Å². The average Bonchev–Trinajstić information content (AvgIpc) is 3.19. The monoisotopic (exact) mass is 508 g/mol. The SMILES string of the molecule is I.NC(=NCc1ccccc1S(=O)(=O)N1CCCCC1)NCC1CCCO1. The van der Waals surface area contributed by atoms with Gasteiger partial charge in [-0.25, -0.2) is 13.4 Å². The first-order valence-electron chi connectivity index (χ1n) is 9.31. The summed E-state index contributed by atoms with van der Waals surface area (Å²) in [6, 6.07) is 7.04. The van der Waals surface area contributed by atoms with Crippen molar-refractivity contribution in [1.29, 1.82) is 0 Å². The van der Waals surface area contributed by atoms with Gasteiger partial charge in [0.2, 0.25) is 10.0 Å². The number of aliphatic imine (C=N–C) groups is 1. The molecule has 1 aromatic carbocycles. The molecule has 0 saturated carbocycles. The minimum absolute atomic E-state index is 0. The molecule has 1 unspecified atom stereocenters. The van der Waals surface area contributed by atoms with Crippen molar-refractivity contribution in [3.63, 3.8) is 0 Å². The number of sulfonamides is 1. The molecule has 0 radical (unpaired) electrons. The van der Waals surface area contributed by atoms with Gasteiger partial charge in [-0.05, 0) is 37.3 Å². The fraction of sp³-hybridized carbons (Fsp3) is 0.611. The zero-order chi connectivity index (χ0) is 18.4. The summed E-state index contributed by atoms with van der Waals surface area (Å²) >= 11 is 0. The van der Waals surface area contributed by atoms with Crippen LogP contribution < -0.4 is 11.1 Å². The Morgan fingerprint density at radius 3 is 2.67 bits per heavy atom. The Bertz CT molecular complexity index is 730. The topological polar surface area (TPSA) is 97.0 Å². The predicted octanol–water partition coefficient (Wildman–Crippen LogP) is 2.06. The third kappa shape index (κ3) is 6.03. The summed E-state index contributed by atoms with van der Waals surface area (Å²) in [6.07, 6.45) is 5.20. The normalized spacial score (nSPS) is 21.6. The molecular formula is C18H29IN4O3S. The third-order valence-corrected chi connectivity index (χ3v) is 6.86. The van der Waals surface area contributed by atoms with E-state index < -0.39 is 10.0 Å². The highest BCUT2D eigenvalue weighted by Gasteiger charge is 2.27. The third-order valence-electron chi connectivity index (χ3n) is 4.86. The van der Waals surface area contributed by atoms with Gasteiger partial charge in [-0.15, -0.1) is 24.0 Å². The lowest BCUT2D eigenvalue weighted by molar-refractivity contribution is 0.114. The van der Waals surface area contributed by atoms with E-state index in [1.165, 1.54) is 0 Å². The maximum Gasteiger partial charge on any atom is 0.243 e. The van der Waals surface area contributed by atoms with E-state index in [0.29, 0.717) is 36.1 Å². The highest BCUT2D eigenvalue weighted by Crippen LogP contribution is 2.24. The van der Waals surface area contributed by atoms with Crippen LogP contribution in [0.3, 0.4) is 0 Å². The zero-order valence-electron chi connectivity index (χ0n) is 15.5. The number of nitrogens with two attached hydrogens (primary N) is 1. The van der Waals surface area contributed by atoms with E-state index in [-0.39, 0.29) is 36.6 Å². The van der Waals surface area contributed by atoms with Crippen LogP contribution in [-0.2, 0) is 21.3 Å². The highest BCUT2D eigenvalue weighted by atomic mass is 127. The number of rotatable bonds is 6. The lowest BCUT2D eigenvalue weighted by Crippen LogP contribution is -2.37. The molecular weight excluding hydrogens is 479 g/mol. The van der Waals surface area contributed by atoms with Gasteiger partial charge < -0.3 is 15.8 Å². The van der Waals surface area contributed by atoms with Gasteiger partial charge in [0.15, 0.2) is 5.96 Å². The quantitative estimate of drug-likeness (QED) is 0.349. The van der Waals surface area contributed by atoms with Crippen molar-refractivity contribution in [3.05, 3.63) is 29.8 Å². The van der Waals surface area contributed by atoms with Gasteiger partial charge in [0, 0.05) is 26.2 Å². The number of piperidine rings is 1. The Hall–Kier alpha value is -0.910. The van der Waals surface area contributed by atoms with Gasteiger partial charge in [0.25, 0.3) is 0 Å².